The molecule has 1 saturated heterocycles. The summed E-state index contributed by atoms with van der Waals surface area (Å²) in [5.41, 5.74) is -0.176. The monoisotopic (exact) mass is 486 g/mol. The molecule has 6 nitrogen and oxygen atoms in total. The van der Waals surface area contributed by atoms with Gasteiger partial charge in [-0.1, -0.05) is 0 Å². The maximum Gasteiger partial charge on any atom is 0.416 e. The number of benzene rings is 1. The first-order valence-electron chi connectivity index (χ1n) is 9.02. The summed E-state index contributed by atoms with van der Waals surface area (Å²) in [6.07, 6.45) is -4.36. The Kier molecular flexibility index (Phi) is 6.00. The minimum atomic E-state index is -4.36. The van der Waals surface area contributed by atoms with Crippen LogP contribution in [0.2, 0.25) is 0 Å². The van der Waals surface area contributed by atoms with E-state index in [4.69, 9.17) is 0 Å². The van der Waals surface area contributed by atoms with Gasteiger partial charge in [-0.15, -0.1) is 16.4 Å². The highest BCUT2D eigenvalue weighted by atomic mass is 79.9. The molecule has 1 aliphatic heterocycles. The SMILES string of the molecule is FC(F)(F)c1ccc(-n2nnnc2CN2CCN(Cc3ccc(Br)s3)CC2)cc1. The fraction of sp³-hybridized carbons (Fsp3) is 0.389. The Hall–Kier alpha value is -1.82. The van der Waals surface area contributed by atoms with Gasteiger partial charge in [0, 0.05) is 37.6 Å². The number of hydrogen-bond donors (Lipinski definition) is 0. The fourth-order valence-corrected chi connectivity index (χ4v) is 4.78. The van der Waals surface area contributed by atoms with E-state index in [2.05, 4.69) is 53.4 Å². The summed E-state index contributed by atoms with van der Waals surface area (Å²) in [6.45, 7) is 5.13. The van der Waals surface area contributed by atoms with Gasteiger partial charge < -0.3 is 0 Å². The Morgan fingerprint density at radius 3 is 2.17 bits per heavy atom. The first kappa shape index (κ1) is 20.5. The molecule has 11 heteroatoms. The summed E-state index contributed by atoms with van der Waals surface area (Å²) >= 11 is 5.24. The van der Waals surface area contributed by atoms with Crippen molar-refractivity contribution in [3.05, 3.63) is 56.4 Å². The molecule has 3 aromatic rings. The Balaban J connectivity index is 1.36. The van der Waals surface area contributed by atoms with Crippen molar-refractivity contribution in [3.63, 3.8) is 0 Å². The molecule has 1 aromatic carbocycles. The number of tetrazole rings is 1. The van der Waals surface area contributed by atoms with Crippen LogP contribution in [-0.4, -0.2) is 56.2 Å². The lowest BCUT2D eigenvalue weighted by atomic mass is 10.2. The molecule has 4 rings (SSSR count). The number of piperazine rings is 1. The smallest absolute Gasteiger partial charge is 0.296 e. The molecule has 1 aliphatic rings. The third-order valence-corrected chi connectivity index (χ3v) is 6.42. The highest BCUT2D eigenvalue weighted by molar-refractivity contribution is 9.11. The predicted molar refractivity (Wildman–Crippen MR) is 107 cm³/mol. The molecule has 0 unspecified atom stereocenters. The molecule has 3 heterocycles. The van der Waals surface area contributed by atoms with Gasteiger partial charge in [0.1, 0.15) is 0 Å². The Morgan fingerprint density at radius 2 is 1.59 bits per heavy atom. The molecule has 0 aliphatic carbocycles. The maximum atomic E-state index is 12.8. The molecule has 0 amide bonds. The Bertz CT molecular complexity index is 947. The molecule has 0 radical (unpaired) electrons. The second kappa shape index (κ2) is 8.50. The molecule has 154 valence electrons. The van der Waals surface area contributed by atoms with Crippen molar-refractivity contribution in [2.75, 3.05) is 26.2 Å². The van der Waals surface area contributed by atoms with Gasteiger partial charge in [0.2, 0.25) is 0 Å². The van der Waals surface area contributed by atoms with Crippen LogP contribution in [0.15, 0.2) is 40.2 Å². The molecule has 0 spiro atoms. The minimum Gasteiger partial charge on any atom is -0.296 e. The summed E-state index contributed by atoms with van der Waals surface area (Å²) in [4.78, 5) is 6.00. The van der Waals surface area contributed by atoms with Gasteiger partial charge in [-0.2, -0.15) is 17.9 Å². The van der Waals surface area contributed by atoms with Crippen molar-refractivity contribution in [2.45, 2.75) is 19.3 Å². The van der Waals surface area contributed by atoms with E-state index < -0.39 is 11.7 Å². The van der Waals surface area contributed by atoms with Crippen molar-refractivity contribution in [3.8, 4) is 5.69 Å². The third kappa shape index (κ3) is 5.03. The van der Waals surface area contributed by atoms with Gasteiger partial charge in [0.15, 0.2) is 5.82 Å². The molecule has 0 saturated carbocycles. The zero-order valence-corrected chi connectivity index (χ0v) is 17.7. The minimum absolute atomic E-state index is 0.514. The van der Waals surface area contributed by atoms with Gasteiger partial charge in [-0.25, -0.2) is 0 Å². The van der Waals surface area contributed by atoms with Crippen LogP contribution in [0.3, 0.4) is 0 Å². The van der Waals surface area contributed by atoms with Crippen LogP contribution in [0.4, 0.5) is 13.2 Å². The van der Waals surface area contributed by atoms with E-state index in [0.29, 0.717) is 18.1 Å². The molecule has 2 aromatic heterocycles. The zero-order chi connectivity index (χ0) is 20.4. The van der Waals surface area contributed by atoms with Crippen LogP contribution in [0.5, 0.6) is 0 Å². The van der Waals surface area contributed by atoms with Crippen molar-refractivity contribution >= 4 is 27.3 Å². The molecular weight excluding hydrogens is 469 g/mol. The number of nitrogens with zero attached hydrogens (tertiary/aromatic N) is 6. The number of alkyl halides is 3. The normalized spacial score (nSPS) is 16.4. The van der Waals surface area contributed by atoms with Crippen molar-refractivity contribution in [2.24, 2.45) is 0 Å². The van der Waals surface area contributed by atoms with E-state index in [1.807, 2.05) is 0 Å². The summed E-state index contributed by atoms with van der Waals surface area (Å²) in [5, 5.41) is 11.7. The number of halogens is 4. The van der Waals surface area contributed by atoms with Crippen LogP contribution in [0.1, 0.15) is 16.3 Å². The van der Waals surface area contributed by atoms with Crippen LogP contribution in [0, 0.1) is 0 Å². The van der Waals surface area contributed by atoms with Crippen LogP contribution in [-0.2, 0) is 19.3 Å². The van der Waals surface area contributed by atoms with Crippen molar-refractivity contribution in [1.29, 1.82) is 0 Å². The largest absolute Gasteiger partial charge is 0.416 e. The molecule has 29 heavy (non-hydrogen) atoms. The maximum absolute atomic E-state index is 12.8. The average Bonchev–Trinajstić information content (AvgIpc) is 3.31. The molecule has 1 fully saturated rings. The van der Waals surface area contributed by atoms with Crippen molar-refractivity contribution < 1.29 is 13.2 Å². The summed E-state index contributed by atoms with van der Waals surface area (Å²) in [7, 11) is 0. The van der Waals surface area contributed by atoms with Gasteiger partial charge >= 0.3 is 6.18 Å². The van der Waals surface area contributed by atoms with Crippen LogP contribution >= 0.6 is 27.3 Å². The standard InChI is InChI=1S/C18H18BrF3N6S/c19-16-6-5-15(29-16)11-26-7-9-27(10-8-26)12-17-23-24-25-28(17)14-3-1-13(2-4-14)18(20,21)22/h1-6H,7-12H2. The molecule has 0 N–H and O–H groups in total. The van der Waals surface area contributed by atoms with Crippen LogP contribution < -0.4 is 0 Å². The lowest BCUT2D eigenvalue weighted by molar-refractivity contribution is -0.137. The topological polar surface area (TPSA) is 50.1 Å². The van der Waals surface area contributed by atoms with E-state index in [0.717, 1.165) is 48.6 Å². The van der Waals surface area contributed by atoms with E-state index >= 15 is 0 Å². The molecule has 0 bridgehead atoms. The molecular formula is C18H18BrF3N6S. The number of hydrogen-bond acceptors (Lipinski definition) is 6. The van der Waals surface area contributed by atoms with E-state index in [1.165, 1.54) is 21.7 Å². The first-order chi connectivity index (χ1) is 13.9. The van der Waals surface area contributed by atoms with Crippen LogP contribution in [0.25, 0.3) is 5.69 Å². The molecule has 0 atom stereocenters. The first-order valence-corrected chi connectivity index (χ1v) is 10.6. The fourth-order valence-electron chi connectivity index (χ4n) is 3.26. The van der Waals surface area contributed by atoms with Gasteiger partial charge in [0.05, 0.1) is 21.6 Å². The van der Waals surface area contributed by atoms with Crippen molar-refractivity contribution in [1.82, 2.24) is 30.0 Å². The highest BCUT2D eigenvalue weighted by Gasteiger charge is 2.30. The number of thiophene rings is 1. The third-order valence-electron chi connectivity index (χ3n) is 4.81. The summed E-state index contributed by atoms with van der Waals surface area (Å²) < 4.78 is 40.9. The van der Waals surface area contributed by atoms with Gasteiger partial charge in [-0.05, 0) is 62.8 Å². The average molecular weight is 487 g/mol. The van der Waals surface area contributed by atoms with E-state index in [1.54, 1.807) is 11.3 Å². The second-order valence-electron chi connectivity index (χ2n) is 6.81. The Labute approximate surface area is 178 Å². The second-order valence-corrected chi connectivity index (χ2v) is 9.36. The highest BCUT2D eigenvalue weighted by Crippen LogP contribution is 2.29. The number of rotatable bonds is 5. The summed E-state index contributed by atoms with van der Waals surface area (Å²) in [6, 6.07) is 9.07. The zero-order valence-electron chi connectivity index (χ0n) is 15.3. The van der Waals surface area contributed by atoms with Gasteiger partial charge in [0.25, 0.3) is 0 Å². The van der Waals surface area contributed by atoms with E-state index in [-0.39, 0.29) is 0 Å². The predicted octanol–water partition coefficient (Wildman–Crippen LogP) is 3.82. The number of aromatic nitrogens is 4. The lowest BCUT2D eigenvalue weighted by Gasteiger charge is -2.34. The summed E-state index contributed by atoms with van der Waals surface area (Å²) in [5.74, 6) is 0.611. The Morgan fingerprint density at radius 1 is 0.931 bits per heavy atom. The van der Waals surface area contributed by atoms with E-state index in [9.17, 15) is 13.2 Å². The van der Waals surface area contributed by atoms with Gasteiger partial charge in [-0.3, -0.25) is 9.80 Å². The lowest BCUT2D eigenvalue weighted by Crippen LogP contribution is -2.45. The quantitative estimate of drug-likeness (QED) is 0.548.